The first-order valence-electron chi connectivity index (χ1n) is 5.86. The van der Waals surface area contributed by atoms with E-state index in [2.05, 4.69) is 4.98 Å². The number of furan rings is 1. The van der Waals surface area contributed by atoms with Gasteiger partial charge in [0, 0.05) is 18.1 Å². The van der Waals surface area contributed by atoms with Crippen LogP contribution in [0.5, 0.6) is 0 Å². The molecule has 5 heteroatoms. The van der Waals surface area contributed by atoms with Crippen LogP contribution in [0.2, 0.25) is 0 Å². The first-order valence-corrected chi connectivity index (χ1v) is 5.86. The van der Waals surface area contributed by atoms with Crippen LogP contribution in [0.1, 0.15) is 21.8 Å². The number of hydrogen-bond acceptors (Lipinski definition) is 3. The molecule has 96 valence electrons. The zero-order chi connectivity index (χ0) is 13.4. The number of rotatable bonds is 3. The van der Waals surface area contributed by atoms with Crippen molar-refractivity contribution in [3.05, 3.63) is 53.8 Å². The fourth-order valence-electron chi connectivity index (χ4n) is 2.12. The molecule has 0 aliphatic heterocycles. The molecule has 0 radical (unpaired) electrons. The largest absolute Gasteiger partial charge is 0.475 e. The summed E-state index contributed by atoms with van der Waals surface area (Å²) in [5, 5.41) is 9.79. The number of imidazole rings is 1. The molecule has 3 rings (SSSR count). The molecule has 0 aliphatic carbocycles. The van der Waals surface area contributed by atoms with Gasteiger partial charge in [0.2, 0.25) is 5.76 Å². The number of aryl methyl sites for hydroxylation is 1. The van der Waals surface area contributed by atoms with E-state index < -0.39 is 5.97 Å². The Morgan fingerprint density at radius 1 is 1.47 bits per heavy atom. The lowest BCUT2D eigenvalue weighted by Crippen LogP contribution is -1.96. The molecule has 3 aromatic rings. The van der Waals surface area contributed by atoms with Crippen molar-refractivity contribution in [1.82, 2.24) is 9.55 Å². The number of hydrogen-bond donors (Lipinski definition) is 1. The maximum atomic E-state index is 10.9. The average molecular weight is 256 g/mol. The Morgan fingerprint density at radius 2 is 2.32 bits per heavy atom. The molecule has 19 heavy (non-hydrogen) atoms. The van der Waals surface area contributed by atoms with E-state index in [-0.39, 0.29) is 5.76 Å². The van der Waals surface area contributed by atoms with Gasteiger partial charge in [-0.3, -0.25) is 0 Å². The molecule has 0 saturated carbocycles. The highest BCUT2D eigenvalue weighted by molar-refractivity contribution is 5.92. The van der Waals surface area contributed by atoms with Crippen molar-refractivity contribution in [3.8, 4) is 0 Å². The highest BCUT2D eigenvalue weighted by atomic mass is 16.4. The fraction of sp³-hybridized carbons (Fsp3) is 0.143. The molecule has 0 amide bonds. The van der Waals surface area contributed by atoms with Crippen molar-refractivity contribution in [2.45, 2.75) is 13.5 Å². The van der Waals surface area contributed by atoms with Crippen LogP contribution in [0, 0.1) is 6.92 Å². The maximum absolute atomic E-state index is 10.9. The van der Waals surface area contributed by atoms with Crippen molar-refractivity contribution in [2.24, 2.45) is 0 Å². The van der Waals surface area contributed by atoms with E-state index in [0.717, 1.165) is 16.6 Å². The molecule has 5 nitrogen and oxygen atoms in total. The number of aromatic nitrogens is 2. The quantitative estimate of drug-likeness (QED) is 0.782. The van der Waals surface area contributed by atoms with E-state index >= 15 is 0 Å². The van der Waals surface area contributed by atoms with Gasteiger partial charge in [-0.2, -0.15) is 0 Å². The van der Waals surface area contributed by atoms with Gasteiger partial charge in [0.05, 0.1) is 12.0 Å². The normalized spacial score (nSPS) is 11.0. The number of aromatic carboxylic acids is 1. The summed E-state index contributed by atoms with van der Waals surface area (Å²) in [6.07, 6.45) is 3.70. The van der Waals surface area contributed by atoms with Crippen LogP contribution in [0.25, 0.3) is 11.0 Å². The molecule has 0 aliphatic rings. The van der Waals surface area contributed by atoms with Crippen molar-refractivity contribution in [1.29, 1.82) is 0 Å². The Balaban J connectivity index is 2.05. The van der Waals surface area contributed by atoms with Crippen molar-refractivity contribution in [2.75, 3.05) is 0 Å². The molecule has 0 spiro atoms. The third kappa shape index (κ3) is 2.10. The first-order chi connectivity index (χ1) is 9.13. The molecule has 0 atom stereocenters. The van der Waals surface area contributed by atoms with Crippen molar-refractivity contribution in [3.63, 3.8) is 0 Å². The molecule has 0 fully saturated rings. The number of benzene rings is 1. The SMILES string of the molecule is Cc1cn(Cc2cccc3oc(C(=O)O)cc23)cn1. The predicted molar refractivity (Wildman–Crippen MR) is 69.2 cm³/mol. The van der Waals surface area contributed by atoms with E-state index in [0.29, 0.717) is 12.1 Å². The Kier molecular flexibility index (Phi) is 2.59. The summed E-state index contributed by atoms with van der Waals surface area (Å²) in [5.41, 5.74) is 2.54. The smallest absolute Gasteiger partial charge is 0.371 e. The third-order valence-electron chi connectivity index (χ3n) is 2.98. The van der Waals surface area contributed by atoms with Gasteiger partial charge in [-0.25, -0.2) is 9.78 Å². The van der Waals surface area contributed by atoms with Crippen LogP contribution in [-0.2, 0) is 6.54 Å². The predicted octanol–water partition coefficient (Wildman–Crippen LogP) is 2.68. The summed E-state index contributed by atoms with van der Waals surface area (Å²) in [7, 11) is 0. The summed E-state index contributed by atoms with van der Waals surface area (Å²) in [5.74, 6) is -1.09. The maximum Gasteiger partial charge on any atom is 0.371 e. The van der Waals surface area contributed by atoms with E-state index in [9.17, 15) is 4.79 Å². The highest BCUT2D eigenvalue weighted by Gasteiger charge is 2.12. The van der Waals surface area contributed by atoms with Gasteiger partial charge in [-0.1, -0.05) is 12.1 Å². The molecule has 2 heterocycles. The van der Waals surface area contributed by atoms with Crippen LogP contribution in [0.15, 0.2) is 41.2 Å². The molecular formula is C14H12N2O3. The van der Waals surface area contributed by atoms with Gasteiger partial charge in [0.1, 0.15) is 5.58 Å². The third-order valence-corrected chi connectivity index (χ3v) is 2.98. The standard InChI is InChI=1S/C14H12N2O3/c1-9-6-16(8-15-9)7-10-3-2-4-12-11(10)5-13(19-12)14(17)18/h2-6,8H,7H2,1H3,(H,17,18). The van der Waals surface area contributed by atoms with Gasteiger partial charge < -0.3 is 14.1 Å². The number of carboxylic acids is 1. The van der Waals surface area contributed by atoms with Crippen LogP contribution in [0.4, 0.5) is 0 Å². The Labute approximate surface area is 109 Å². The van der Waals surface area contributed by atoms with Gasteiger partial charge in [-0.15, -0.1) is 0 Å². The van der Waals surface area contributed by atoms with E-state index in [1.54, 1.807) is 18.5 Å². The summed E-state index contributed by atoms with van der Waals surface area (Å²) >= 11 is 0. The van der Waals surface area contributed by atoms with Gasteiger partial charge >= 0.3 is 5.97 Å². The van der Waals surface area contributed by atoms with Crippen LogP contribution in [0.3, 0.4) is 0 Å². The van der Waals surface area contributed by atoms with Crippen molar-refractivity contribution >= 4 is 16.9 Å². The lowest BCUT2D eigenvalue weighted by molar-refractivity contribution is 0.0665. The highest BCUT2D eigenvalue weighted by Crippen LogP contribution is 2.24. The lowest BCUT2D eigenvalue weighted by atomic mass is 10.1. The number of fused-ring (bicyclic) bond motifs is 1. The Hall–Kier alpha value is -2.56. The second kappa shape index (κ2) is 4.28. The minimum absolute atomic E-state index is 0.0377. The van der Waals surface area contributed by atoms with E-state index in [4.69, 9.17) is 9.52 Å². The van der Waals surface area contributed by atoms with Crippen LogP contribution < -0.4 is 0 Å². The Bertz CT molecular complexity index is 755. The fourth-order valence-corrected chi connectivity index (χ4v) is 2.12. The monoisotopic (exact) mass is 256 g/mol. The Morgan fingerprint density at radius 3 is 3.00 bits per heavy atom. The molecule has 0 bridgehead atoms. The minimum atomic E-state index is -1.05. The van der Waals surface area contributed by atoms with Crippen LogP contribution in [-0.4, -0.2) is 20.6 Å². The molecule has 0 saturated heterocycles. The summed E-state index contributed by atoms with van der Waals surface area (Å²) in [6, 6.07) is 7.15. The second-order valence-corrected chi connectivity index (χ2v) is 4.43. The zero-order valence-corrected chi connectivity index (χ0v) is 10.3. The molecule has 0 unspecified atom stereocenters. The summed E-state index contributed by atoms with van der Waals surface area (Å²) < 4.78 is 7.24. The van der Waals surface area contributed by atoms with Crippen molar-refractivity contribution < 1.29 is 14.3 Å². The first kappa shape index (κ1) is 11.5. The van der Waals surface area contributed by atoms with Gasteiger partial charge in [0.25, 0.3) is 0 Å². The topological polar surface area (TPSA) is 68.3 Å². The number of nitrogens with zero attached hydrogens (tertiary/aromatic N) is 2. The number of carboxylic acid groups (broad SMARTS) is 1. The molecule has 2 aromatic heterocycles. The zero-order valence-electron chi connectivity index (χ0n) is 10.3. The second-order valence-electron chi connectivity index (χ2n) is 4.43. The molecule has 1 N–H and O–H groups in total. The average Bonchev–Trinajstić information content (AvgIpc) is 2.96. The van der Waals surface area contributed by atoms with E-state index in [1.165, 1.54) is 0 Å². The van der Waals surface area contributed by atoms with Gasteiger partial charge in [0.15, 0.2) is 0 Å². The van der Waals surface area contributed by atoms with Gasteiger partial charge in [-0.05, 0) is 24.6 Å². The number of carbonyl (C=O) groups is 1. The lowest BCUT2D eigenvalue weighted by Gasteiger charge is -2.03. The summed E-state index contributed by atoms with van der Waals surface area (Å²) in [6.45, 7) is 2.56. The van der Waals surface area contributed by atoms with Crippen LogP contribution >= 0.6 is 0 Å². The molecule has 1 aromatic carbocycles. The molecular weight excluding hydrogens is 244 g/mol. The van der Waals surface area contributed by atoms with E-state index in [1.807, 2.05) is 29.8 Å². The summed E-state index contributed by atoms with van der Waals surface area (Å²) in [4.78, 5) is 15.1. The minimum Gasteiger partial charge on any atom is -0.475 e.